The lowest BCUT2D eigenvalue weighted by atomic mass is 9.79. The molecule has 2 aliphatic rings. The maximum Gasteiger partial charge on any atom is 0.239 e. The number of rotatable bonds is 2. The predicted molar refractivity (Wildman–Crippen MR) is 71.6 cm³/mol. The Morgan fingerprint density at radius 1 is 1.32 bits per heavy atom. The zero-order valence-corrected chi connectivity index (χ0v) is 12.0. The van der Waals surface area contributed by atoms with Gasteiger partial charge in [-0.15, -0.1) is 11.3 Å². The zero-order valence-electron chi connectivity index (χ0n) is 10.4. The first-order valence-electron chi connectivity index (χ1n) is 6.53. The summed E-state index contributed by atoms with van der Waals surface area (Å²) < 4.78 is 24.9. The fourth-order valence-corrected chi connectivity index (χ4v) is 5.79. The lowest BCUT2D eigenvalue weighted by Crippen LogP contribution is -2.55. The number of nitrogens with zero attached hydrogens (tertiary/aromatic N) is 1. The van der Waals surface area contributed by atoms with Crippen LogP contribution in [-0.2, 0) is 14.6 Å². The van der Waals surface area contributed by atoms with Gasteiger partial charge in [-0.2, -0.15) is 0 Å². The number of hydrogen-bond acceptors (Lipinski definition) is 5. The fourth-order valence-electron chi connectivity index (χ4n) is 3.08. The average molecular weight is 300 g/mol. The van der Waals surface area contributed by atoms with E-state index < -0.39 is 15.1 Å². The molecule has 19 heavy (non-hydrogen) atoms. The smallest absolute Gasteiger partial charge is 0.239 e. The first kappa shape index (κ1) is 13.1. The molecule has 2 fully saturated rings. The lowest BCUT2D eigenvalue weighted by Gasteiger charge is -2.38. The summed E-state index contributed by atoms with van der Waals surface area (Å²) in [5.41, 5.74) is 0. The first-order chi connectivity index (χ1) is 9.09. The molecule has 1 saturated carbocycles. The maximum absolute atomic E-state index is 12.4. The van der Waals surface area contributed by atoms with Crippen molar-refractivity contribution in [2.45, 2.75) is 47.7 Å². The van der Waals surface area contributed by atoms with Crippen LogP contribution in [0.1, 0.15) is 32.1 Å². The molecular weight excluding hydrogens is 284 g/mol. The van der Waals surface area contributed by atoms with Gasteiger partial charge in [0.1, 0.15) is 5.25 Å². The van der Waals surface area contributed by atoms with Crippen LogP contribution in [0.5, 0.6) is 0 Å². The second kappa shape index (κ2) is 4.86. The summed E-state index contributed by atoms with van der Waals surface area (Å²) in [6.45, 7) is 0. The fraction of sp³-hybridized carbons (Fsp3) is 0.667. The quantitative estimate of drug-likeness (QED) is 0.895. The maximum atomic E-state index is 12.4. The minimum absolute atomic E-state index is 0.0573. The van der Waals surface area contributed by atoms with Crippen LogP contribution < -0.4 is 5.32 Å². The third-order valence-electron chi connectivity index (χ3n) is 4.07. The van der Waals surface area contributed by atoms with Crippen molar-refractivity contribution < 1.29 is 13.2 Å². The van der Waals surface area contributed by atoms with Gasteiger partial charge in [-0.25, -0.2) is 13.4 Å². The Balaban J connectivity index is 1.87. The molecule has 0 radical (unpaired) electrons. The number of carbonyl (C=O) groups is 1. The number of hydrogen-bond donors (Lipinski definition) is 1. The van der Waals surface area contributed by atoms with E-state index in [2.05, 4.69) is 10.3 Å². The minimum Gasteiger partial charge on any atom is -0.352 e. The van der Waals surface area contributed by atoms with Crippen molar-refractivity contribution in [2.24, 2.45) is 5.92 Å². The highest BCUT2D eigenvalue weighted by atomic mass is 32.2. The standard InChI is InChI=1S/C12H16N2O3S2/c15-11-10(19(16,17)12-13-5-6-18-12)7-8-3-1-2-4-9(8)14-11/h5-6,8-10H,1-4,7H2,(H,14,15). The number of fused-ring (bicyclic) bond motifs is 1. The van der Waals surface area contributed by atoms with Gasteiger partial charge in [0.25, 0.3) is 0 Å². The van der Waals surface area contributed by atoms with Crippen molar-refractivity contribution in [3.63, 3.8) is 0 Å². The SMILES string of the molecule is O=C1NC2CCCCC2CC1S(=O)(=O)c1nccs1. The third kappa shape index (κ3) is 2.29. The van der Waals surface area contributed by atoms with Gasteiger partial charge >= 0.3 is 0 Å². The molecule has 1 N–H and O–H groups in total. The van der Waals surface area contributed by atoms with E-state index in [1.807, 2.05) is 0 Å². The second-order valence-electron chi connectivity index (χ2n) is 5.23. The Labute approximate surface area is 116 Å². The summed E-state index contributed by atoms with van der Waals surface area (Å²) in [4.78, 5) is 15.9. The largest absolute Gasteiger partial charge is 0.352 e. The third-order valence-corrected chi connectivity index (χ3v) is 7.37. The number of sulfone groups is 1. The van der Waals surface area contributed by atoms with E-state index in [9.17, 15) is 13.2 Å². The van der Waals surface area contributed by atoms with Gasteiger partial charge in [0, 0.05) is 17.6 Å². The summed E-state index contributed by atoms with van der Waals surface area (Å²) in [7, 11) is -3.62. The molecule has 1 saturated heterocycles. The molecule has 3 rings (SSSR count). The Hall–Kier alpha value is -0.950. The van der Waals surface area contributed by atoms with Crippen LogP contribution in [0.2, 0.25) is 0 Å². The molecule has 7 heteroatoms. The monoisotopic (exact) mass is 300 g/mol. The zero-order chi connectivity index (χ0) is 13.5. The minimum atomic E-state index is -3.62. The topological polar surface area (TPSA) is 76.1 Å². The summed E-state index contributed by atoms with van der Waals surface area (Å²) in [6, 6.07) is 0.170. The Morgan fingerprint density at radius 3 is 2.84 bits per heavy atom. The van der Waals surface area contributed by atoms with Crippen molar-refractivity contribution >= 4 is 27.1 Å². The van der Waals surface area contributed by atoms with E-state index in [-0.39, 0.29) is 16.3 Å². The Kier molecular flexibility index (Phi) is 3.34. The Morgan fingerprint density at radius 2 is 2.11 bits per heavy atom. The van der Waals surface area contributed by atoms with Gasteiger partial charge in [0.15, 0.2) is 0 Å². The molecule has 3 atom stereocenters. The van der Waals surface area contributed by atoms with E-state index in [0.717, 1.165) is 37.0 Å². The van der Waals surface area contributed by atoms with Crippen LogP contribution >= 0.6 is 11.3 Å². The molecule has 104 valence electrons. The van der Waals surface area contributed by atoms with Crippen molar-refractivity contribution in [2.75, 3.05) is 0 Å². The molecule has 1 aromatic heterocycles. The van der Waals surface area contributed by atoms with Crippen molar-refractivity contribution in [3.05, 3.63) is 11.6 Å². The molecule has 1 aliphatic heterocycles. The van der Waals surface area contributed by atoms with Gasteiger partial charge in [-0.05, 0) is 25.2 Å². The molecule has 5 nitrogen and oxygen atoms in total. The van der Waals surface area contributed by atoms with Crippen LogP contribution in [0.4, 0.5) is 0 Å². The van der Waals surface area contributed by atoms with Crippen LogP contribution in [0, 0.1) is 5.92 Å². The molecule has 1 aromatic rings. The number of thiazole rings is 1. The van der Waals surface area contributed by atoms with Crippen LogP contribution in [0.3, 0.4) is 0 Å². The number of nitrogens with one attached hydrogen (secondary N) is 1. The molecular formula is C12H16N2O3S2. The van der Waals surface area contributed by atoms with E-state index in [0.29, 0.717) is 12.3 Å². The molecule has 3 unspecified atom stereocenters. The van der Waals surface area contributed by atoms with E-state index in [1.54, 1.807) is 5.38 Å². The summed E-state index contributed by atoms with van der Waals surface area (Å²) in [5, 5.41) is 3.56. The lowest BCUT2D eigenvalue weighted by molar-refractivity contribution is -0.124. The number of aromatic nitrogens is 1. The highest BCUT2D eigenvalue weighted by molar-refractivity contribution is 7.94. The van der Waals surface area contributed by atoms with Gasteiger partial charge < -0.3 is 5.32 Å². The number of carbonyl (C=O) groups excluding carboxylic acids is 1. The normalized spacial score (nSPS) is 31.6. The van der Waals surface area contributed by atoms with E-state index in [1.165, 1.54) is 6.20 Å². The molecule has 0 aromatic carbocycles. The second-order valence-corrected chi connectivity index (χ2v) is 8.43. The summed E-state index contributed by atoms with van der Waals surface area (Å²) >= 11 is 1.08. The predicted octanol–water partition coefficient (Wildman–Crippen LogP) is 1.36. The van der Waals surface area contributed by atoms with Gasteiger partial charge in [0.2, 0.25) is 20.1 Å². The first-order valence-corrected chi connectivity index (χ1v) is 8.95. The van der Waals surface area contributed by atoms with Crippen molar-refractivity contribution in [3.8, 4) is 0 Å². The van der Waals surface area contributed by atoms with Crippen LogP contribution in [0.25, 0.3) is 0 Å². The summed E-state index contributed by atoms with van der Waals surface area (Å²) in [6.07, 6.45) is 6.13. The molecule has 0 spiro atoms. The molecule has 1 aliphatic carbocycles. The average Bonchev–Trinajstić information content (AvgIpc) is 2.92. The van der Waals surface area contributed by atoms with Crippen LogP contribution in [0.15, 0.2) is 15.9 Å². The number of piperidine rings is 1. The van der Waals surface area contributed by atoms with Crippen molar-refractivity contribution in [1.82, 2.24) is 10.3 Å². The Bertz CT molecular complexity index is 568. The molecule has 1 amide bonds. The van der Waals surface area contributed by atoms with E-state index >= 15 is 0 Å². The molecule has 0 bridgehead atoms. The highest BCUT2D eigenvalue weighted by Gasteiger charge is 2.44. The highest BCUT2D eigenvalue weighted by Crippen LogP contribution is 2.34. The van der Waals surface area contributed by atoms with Gasteiger partial charge in [-0.1, -0.05) is 12.8 Å². The molecule has 2 heterocycles. The van der Waals surface area contributed by atoms with E-state index in [4.69, 9.17) is 0 Å². The number of amides is 1. The van der Waals surface area contributed by atoms with Crippen LogP contribution in [-0.4, -0.2) is 30.6 Å². The van der Waals surface area contributed by atoms with Crippen molar-refractivity contribution in [1.29, 1.82) is 0 Å². The van der Waals surface area contributed by atoms with Gasteiger partial charge in [0.05, 0.1) is 0 Å². The summed E-state index contributed by atoms with van der Waals surface area (Å²) in [5.74, 6) is -0.0514. The van der Waals surface area contributed by atoms with Gasteiger partial charge in [-0.3, -0.25) is 4.79 Å².